The number of nitrogens with zero attached hydrogens (tertiary/aromatic N) is 1. The van der Waals surface area contributed by atoms with Crippen LogP contribution in [-0.2, 0) is 4.79 Å². The van der Waals surface area contributed by atoms with Gasteiger partial charge in [-0.25, -0.2) is 0 Å². The zero-order chi connectivity index (χ0) is 11.2. The van der Waals surface area contributed by atoms with Gasteiger partial charge in [0.1, 0.15) is 0 Å². The highest BCUT2D eigenvalue weighted by Gasteiger charge is 2.06. The van der Waals surface area contributed by atoms with Crippen molar-refractivity contribution in [3.05, 3.63) is 66.5 Å². The molecule has 0 aliphatic rings. The third-order valence-electron chi connectivity index (χ3n) is 2.25. The third-order valence-corrected chi connectivity index (χ3v) is 2.25. The van der Waals surface area contributed by atoms with E-state index in [1.165, 1.54) is 0 Å². The van der Waals surface area contributed by atoms with E-state index in [0.29, 0.717) is 5.70 Å². The van der Waals surface area contributed by atoms with Gasteiger partial charge < -0.3 is 0 Å². The van der Waals surface area contributed by atoms with Gasteiger partial charge >= 0.3 is 0 Å². The minimum atomic E-state index is 0. The Morgan fingerprint density at radius 3 is 2.12 bits per heavy atom. The smallest absolute Gasteiger partial charge is 0.251 e. The van der Waals surface area contributed by atoms with Crippen molar-refractivity contribution in [3.63, 3.8) is 0 Å². The molecule has 1 aromatic carbocycles. The quantitative estimate of drug-likeness (QED) is 0.463. The molecule has 0 radical (unpaired) electrons. The molecule has 1 heterocycles. The summed E-state index contributed by atoms with van der Waals surface area (Å²) >= 11 is 0. The number of pyridine rings is 1. The first-order valence-corrected chi connectivity index (χ1v) is 5.09. The number of rotatable bonds is 3. The molecule has 0 amide bonds. The first-order chi connectivity index (χ1) is 7.90. The van der Waals surface area contributed by atoms with Crippen LogP contribution in [0.15, 0.2) is 60.9 Å². The van der Waals surface area contributed by atoms with Crippen molar-refractivity contribution in [2.45, 2.75) is 0 Å². The molecule has 3 heteroatoms. The summed E-state index contributed by atoms with van der Waals surface area (Å²) in [5.41, 5.74) is 1.63. The van der Waals surface area contributed by atoms with Crippen molar-refractivity contribution in [2.24, 2.45) is 0 Å². The highest BCUT2D eigenvalue weighted by atomic mass is 35.5. The molecule has 2 aromatic rings. The molecule has 0 atom stereocenters. The van der Waals surface area contributed by atoms with E-state index >= 15 is 0 Å². The largest absolute Gasteiger partial charge is 0.291 e. The normalized spacial score (nSPS) is 10.5. The summed E-state index contributed by atoms with van der Waals surface area (Å²) in [6, 6.07) is 15.5. The van der Waals surface area contributed by atoms with Crippen molar-refractivity contribution in [1.82, 2.24) is 0 Å². The molecule has 0 N–H and O–H groups in total. The number of hydrogen-bond acceptors (Lipinski definition) is 1. The zero-order valence-corrected chi connectivity index (χ0v) is 10.0. The van der Waals surface area contributed by atoms with E-state index in [0.717, 1.165) is 11.8 Å². The van der Waals surface area contributed by atoms with Crippen LogP contribution in [0.1, 0.15) is 5.56 Å². The average molecular weight is 247 g/mol. The lowest BCUT2D eigenvalue weighted by Gasteiger charge is -1.94. The molecule has 0 aliphatic heterocycles. The second-order valence-electron chi connectivity index (χ2n) is 3.38. The predicted molar refractivity (Wildman–Crippen MR) is 70.6 cm³/mol. The van der Waals surface area contributed by atoms with E-state index in [1.54, 1.807) is 4.57 Å². The molecule has 0 aliphatic carbocycles. The molecule has 0 spiro atoms. The lowest BCUT2D eigenvalue weighted by atomic mass is 10.2. The standard InChI is InChI=1S/C14H12NO.ClH/c16-12-14(15-9-5-2-6-10-15)11-13-7-3-1-4-8-13;/h1-12H;1H/q+1;. The lowest BCUT2D eigenvalue weighted by Crippen LogP contribution is -2.31. The molecule has 86 valence electrons. The van der Waals surface area contributed by atoms with Crippen molar-refractivity contribution in [2.75, 3.05) is 0 Å². The Bertz CT molecular complexity index is 494. The topological polar surface area (TPSA) is 20.9 Å². The fourth-order valence-corrected chi connectivity index (χ4v) is 1.46. The molecular weight excluding hydrogens is 234 g/mol. The molecule has 0 saturated carbocycles. The SMILES string of the molecule is Cl.O=CC(=Cc1ccccc1)[n+]1ccccc1. The number of carbonyl (C=O) groups is 1. The maximum absolute atomic E-state index is 11.0. The van der Waals surface area contributed by atoms with Crippen LogP contribution >= 0.6 is 12.4 Å². The monoisotopic (exact) mass is 246 g/mol. The molecule has 0 fully saturated rings. The lowest BCUT2D eigenvalue weighted by molar-refractivity contribution is -0.575. The van der Waals surface area contributed by atoms with Gasteiger partial charge in [-0.05, 0) is 5.56 Å². The summed E-state index contributed by atoms with van der Waals surface area (Å²) in [5, 5.41) is 0. The number of hydrogen-bond donors (Lipinski definition) is 0. The fourth-order valence-electron chi connectivity index (χ4n) is 1.46. The number of aldehydes is 1. The summed E-state index contributed by atoms with van der Waals surface area (Å²) in [7, 11) is 0. The molecule has 0 unspecified atom stereocenters. The summed E-state index contributed by atoms with van der Waals surface area (Å²) in [6.07, 6.45) is 6.41. The van der Waals surface area contributed by atoms with Gasteiger partial charge in [-0.1, -0.05) is 36.4 Å². The van der Waals surface area contributed by atoms with Gasteiger partial charge in [0.25, 0.3) is 5.70 Å². The molecule has 2 nitrogen and oxygen atoms in total. The van der Waals surface area contributed by atoms with Gasteiger partial charge in [-0.2, -0.15) is 4.57 Å². The van der Waals surface area contributed by atoms with Crippen LogP contribution in [0.25, 0.3) is 11.8 Å². The molecule has 17 heavy (non-hydrogen) atoms. The van der Waals surface area contributed by atoms with E-state index in [9.17, 15) is 4.79 Å². The Morgan fingerprint density at radius 1 is 0.941 bits per heavy atom. The van der Waals surface area contributed by atoms with Crippen molar-refractivity contribution >= 4 is 30.5 Å². The Labute approximate surface area is 107 Å². The highest BCUT2D eigenvalue weighted by Crippen LogP contribution is 2.04. The summed E-state index contributed by atoms with van der Waals surface area (Å²) in [4.78, 5) is 11.0. The van der Waals surface area contributed by atoms with E-state index in [-0.39, 0.29) is 12.4 Å². The van der Waals surface area contributed by atoms with Crippen LogP contribution in [-0.4, -0.2) is 6.29 Å². The van der Waals surface area contributed by atoms with Crippen LogP contribution in [0.2, 0.25) is 0 Å². The average Bonchev–Trinajstić information content (AvgIpc) is 2.38. The predicted octanol–water partition coefficient (Wildman–Crippen LogP) is 2.59. The van der Waals surface area contributed by atoms with Gasteiger partial charge in [0.2, 0.25) is 6.29 Å². The number of benzene rings is 1. The van der Waals surface area contributed by atoms with E-state index in [4.69, 9.17) is 0 Å². The summed E-state index contributed by atoms with van der Waals surface area (Å²) < 4.78 is 1.79. The van der Waals surface area contributed by atoms with Gasteiger partial charge in [-0.15, -0.1) is 12.4 Å². The second kappa shape index (κ2) is 6.61. The van der Waals surface area contributed by atoms with Gasteiger partial charge in [-0.3, -0.25) is 4.79 Å². The third kappa shape index (κ3) is 3.54. The number of carbonyl (C=O) groups excluding carboxylic acids is 1. The van der Waals surface area contributed by atoms with E-state index < -0.39 is 0 Å². The first kappa shape index (κ1) is 13.1. The molecule has 2 rings (SSSR count). The molecule has 0 saturated heterocycles. The zero-order valence-electron chi connectivity index (χ0n) is 9.19. The Hall–Kier alpha value is -1.93. The minimum Gasteiger partial charge on any atom is -0.291 e. The summed E-state index contributed by atoms with van der Waals surface area (Å²) in [6.45, 7) is 0. The van der Waals surface area contributed by atoms with Crippen molar-refractivity contribution in [1.29, 1.82) is 0 Å². The first-order valence-electron chi connectivity index (χ1n) is 5.09. The molecule has 1 aromatic heterocycles. The van der Waals surface area contributed by atoms with Crippen LogP contribution in [0.5, 0.6) is 0 Å². The number of aromatic nitrogens is 1. The maximum Gasteiger partial charge on any atom is 0.251 e. The number of allylic oxidation sites excluding steroid dienone is 1. The van der Waals surface area contributed by atoms with Crippen molar-refractivity contribution in [3.8, 4) is 0 Å². The summed E-state index contributed by atoms with van der Waals surface area (Å²) in [5.74, 6) is 0. The highest BCUT2D eigenvalue weighted by molar-refractivity contribution is 6.01. The van der Waals surface area contributed by atoms with Crippen molar-refractivity contribution < 1.29 is 9.36 Å². The van der Waals surface area contributed by atoms with Crippen LogP contribution < -0.4 is 4.57 Å². The van der Waals surface area contributed by atoms with Crippen LogP contribution in [0, 0.1) is 0 Å². The Kier molecular flexibility index (Phi) is 5.11. The second-order valence-corrected chi connectivity index (χ2v) is 3.38. The van der Waals surface area contributed by atoms with E-state index in [1.807, 2.05) is 67.0 Å². The molecular formula is C14H13ClNO+. The maximum atomic E-state index is 11.0. The Morgan fingerprint density at radius 2 is 1.53 bits per heavy atom. The Balaban J connectivity index is 0.00000144. The number of halogens is 1. The van der Waals surface area contributed by atoms with Crippen LogP contribution in [0.4, 0.5) is 0 Å². The van der Waals surface area contributed by atoms with Crippen LogP contribution in [0.3, 0.4) is 0 Å². The molecule has 0 bridgehead atoms. The minimum absolute atomic E-state index is 0. The van der Waals surface area contributed by atoms with E-state index in [2.05, 4.69) is 0 Å². The van der Waals surface area contributed by atoms with Gasteiger partial charge in [0.05, 0.1) is 0 Å². The fraction of sp³-hybridized carbons (Fsp3) is 0. The van der Waals surface area contributed by atoms with Gasteiger partial charge in [0.15, 0.2) is 12.4 Å². The van der Waals surface area contributed by atoms with Gasteiger partial charge in [0, 0.05) is 18.2 Å².